The van der Waals surface area contributed by atoms with Gasteiger partial charge in [0.25, 0.3) is 5.56 Å². The molecule has 0 atom stereocenters. The molecule has 1 N–H and O–H groups in total. The summed E-state index contributed by atoms with van der Waals surface area (Å²) in [5, 5.41) is 6.20. The molecule has 20 heavy (non-hydrogen) atoms. The van der Waals surface area contributed by atoms with Crippen molar-refractivity contribution in [2.24, 2.45) is 0 Å². The van der Waals surface area contributed by atoms with Crippen LogP contribution < -0.4 is 16.1 Å². The number of thiophene rings is 1. The molecule has 3 aromatic rings. The summed E-state index contributed by atoms with van der Waals surface area (Å²) in [6.07, 6.45) is 1.86. The maximum atomic E-state index is 12.5. The smallest absolute Gasteiger partial charge is 0.279 e. The summed E-state index contributed by atoms with van der Waals surface area (Å²) < 4.78 is 2.48. The first kappa shape index (κ1) is 13.1. The second kappa shape index (κ2) is 5.26. The molecule has 1 aromatic carbocycles. The van der Waals surface area contributed by atoms with E-state index in [1.807, 2.05) is 47.9 Å². The number of aromatic amines is 1. The Kier molecular flexibility index (Phi) is 3.46. The normalized spacial score (nSPS) is 11.9. The van der Waals surface area contributed by atoms with E-state index in [0.29, 0.717) is 10.6 Å². The van der Waals surface area contributed by atoms with Gasteiger partial charge in [-0.3, -0.25) is 9.89 Å². The third-order valence-electron chi connectivity index (χ3n) is 2.92. The molecule has 0 unspecified atom stereocenters. The SMILES string of the molecule is C=c1[nH]n(-c2ccc(Br)cc2)c(=O)/c1=C\c1cccs1. The van der Waals surface area contributed by atoms with Crippen LogP contribution >= 0.6 is 27.3 Å². The second-order valence-corrected chi connectivity index (χ2v) is 6.18. The summed E-state index contributed by atoms with van der Waals surface area (Å²) >= 11 is 4.97. The number of benzene rings is 1. The van der Waals surface area contributed by atoms with Gasteiger partial charge >= 0.3 is 0 Å². The maximum Gasteiger partial charge on any atom is 0.279 e. The van der Waals surface area contributed by atoms with Gasteiger partial charge in [-0.1, -0.05) is 28.6 Å². The van der Waals surface area contributed by atoms with E-state index in [0.717, 1.165) is 15.0 Å². The molecule has 0 radical (unpaired) electrons. The molecule has 3 rings (SSSR count). The summed E-state index contributed by atoms with van der Waals surface area (Å²) in [5.41, 5.74) is 0.694. The predicted octanol–water partition coefficient (Wildman–Crippen LogP) is 2.23. The van der Waals surface area contributed by atoms with Crippen molar-refractivity contribution in [3.05, 3.63) is 72.0 Å². The van der Waals surface area contributed by atoms with Gasteiger partial charge in [-0.2, -0.15) is 0 Å². The van der Waals surface area contributed by atoms with Gasteiger partial charge in [-0.15, -0.1) is 11.3 Å². The number of nitrogens with one attached hydrogen (secondary N) is 1. The van der Waals surface area contributed by atoms with Crippen LogP contribution in [0.1, 0.15) is 4.88 Å². The van der Waals surface area contributed by atoms with Crippen molar-refractivity contribution in [1.29, 1.82) is 0 Å². The Morgan fingerprint density at radius 1 is 1.25 bits per heavy atom. The molecule has 2 heterocycles. The molecule has 3 nitrogen and oxygen atoms in total. The van der Waals surface area contributed by atoms with Crippen LogP contribution in [0.25, 0.3) is 18.3 Å². The molecule has 0 fully saturated rings. The van der Waals surface area contributed by atoms with Crippen LogP contribution in [0.2, 0.25) is 0 Å². The molecule has 0 amide bonds. The van der Waals surface area contributed by atoms with E-state index in [1.165, 1.54) is 4.68 Å². The largest absolute Gasteiger partial charge is 0.291 e. The zero-order chi connectivity index (χ0) is 14.1. The molecule has 0 saturated carbocycles. The highest BCUT2D eigenvalue weighted by Crippen LogP contribution is 2.11. The fraction of sp³-hybridized carbons (Fsp3) is 0. The van der Waals surface area contributed by atoms with Crippen molar-refractivity contribution < 1.29 is 0 Å². The average molecular weight is 347 g/mol. The lowest BCUT2D eigenvalue weighted by atomic mass is 10.3. The monoisotopic (exact) mass is 346 g/mol. The van der Waals surface area contributed by atoms with Gasteiger partial charge in [0.1, 0.15) is 0 Å². The van der Waals surface area contributed by atoms with Crippen molar-refractivity contribution in [1.82, 2.24) is 9.78 Å². The molecule has 0 aliphatic carbocycles. The van der Waals surface area contributed by atoms with Gasteiger partial charge in [0.05, 0.1) is 16.3 Å². The van der Waals surface area contributed by atoms with Gasteiger partial charge < -0.3 is 0 Å². The van der Waals surface area contributed by atoms with Gasteiger partial charge in [0.2, 0.25) is 0 Å². The number of H-pyrrole nitrogens is 1. The summed E-state index contributed by atoms with van der Waals surface area (Å²) in [7, 11) is 0. The minimum atomic E-state index is -0.0919. The topological polar surface area (TPSA) is 37.8 Å². The van der Waals surface area contributed by atoms with Gasteiger partial charge in [0.15, 0.2) is 0 Å². The Morgan fingerprint density at radius 2 is 2.00 bits per heavy atom. The molecule has 0 saturated heterocycles. The molecule has 0 aliphatic rings. The highest BCUT2D eigenvalue weighted by Gasteiger charge is 2.04. The fourth-order valence-corrected chi connectivity index (χ4v) is 2.85. The van der Waals surface area contributed by atoms with Crippen LogP contribution in [0.4, 0.5) is 0 Å². The molecule has 2 aromatic heterocycles. The first-order valence-electron chi connectivity index (χ1n) is 5.96. The van der Waals surface area contributed by atoms with E-state index in [1.54, 1.807) is 11.3 Å². The Morgan fingerprint density at radius 3 is 2.65 bits per heavy atom. The zero-order valence-electron chi connectivity index (χ0n) is 10.5. The highest BCUT2D eigenvalue weighted by atomic mass is 79.9. The number of aromatic nitrogens is 2. The second-order valence-electron chi connectivity index (χ2n) is 4.28. The lowest BCUT2D eigenvalue weighted by Gasteiger charge is -2.00. The predicted molar refractivity (Wildman–Crippen MR) is 86.7 cm³/mol. The minimum absolute atomic E-state index is 0.0919. The number of hydrogen-bond donors (Lipinski definition) is 1. The first-order valence-corrected chi connectivity index (χ1v) is 7.63. The first-order chi connectivity index (χ1) is 9.65. The maximum absolute atomic E-state index is 12.5. The molecule has 0 bridgehead atoms. The summed E-state index contributed by atoms with van der Waals surface area (Å²) in [5.74, 6) is 0. The van der Waals surface area contributed by atoms with E-state index < -0.39 is 0 Å². The van der Waals surface area contributed by atoms with Crippen molar-refractivity contribution in [3.8, 4) is 5.69 Å². The van der Waals surface area contributed by atoms with Gasteiger partial charge in [0, 0.05) is 9.35 Å². The third-order valence-corrected chi connectivity index (χ3v) is 4.27. The molecule has 100 valence electrons. The number of halogens is 1. The summed E-state index contributed by atoms with van der Waals surface area (Å²) in [6.45, 7) is 3.91. The lowest BCUT2D eigenvalue weighted by Crippen LogP contribution is -2.33. The Labute approximate surface area is 127 Å². The van der Waals surface area contributed by atoms with E-state index >= 15 is 0 Å². The molecule has 0 spiro atoms. The van der Waals surface area contributed by atoms with E-state index in [9.17, 15) is 4.79 Å². The van der Waals surface area contributed by atoms with E-state index in [-0.39, 0.29) is 5.56 Å². The van der Waals surface area contributed by atoms with Crippen molar-refractivity contribution in [2.45, 2.75) is 0 Å². The van der Waals surface area contributed by atoms with Crippen LogP contribution in [0, 0.1) is 0 Å². The van der Waals surface area contributed by atoms with Crippen LogP contribution in [0.15, 0.2) is 51.0 Å². The van der Waals surface area contributed by atoms with Crippen LogP contribution in [0.5, 0.6) is 0 Å². The van der Waals surface area contributed by atoms with Crippen LogP contribution in [-0.4, -0.2) is 9.78 Å². The quantitative estimate of drug-likeness (QED) is 0.759. The van der Waals surface area contributed by atoms with Crippen molar-refractivity contribution >= 4 is 39.9 Å². The zero-order valence-corrected chi connectivity index (χ0v) is 12.9. The number of rotatable bonds is 2. The number of nitrogens with zero attached hydrogens (tertiary/aromatic N) is 1. The Bertz CT molecular complexity index is 889. The molecule has 5 heteroatoms. The molecular weight excluding hydrogens is 336 g/mol. The lowest BCUT2D eigenvalue weighted by molar-refractivity contribution is 0.838. The molecule has 0 aliphatic heterocycles. The minimum Gasteiger partial charge on any atom is -0.291 e. The fourth-order valence-electron chi connectivity index (χ4n) is 1.93. The third kappa shape index (κ3) is 2.42. The van der Waals surface area contributed by atoms with Crippen LogP contribution in [-0.2, 0) is 0 Å². The summed E-state index contributed by atoms with van der Waals surface area (Å²) in [4.78, 5) is 13.5. The standard InChI is InChI=1S/C15H11BrN2OS/c1-10-14(9-13-3-2-8-20-13)15(19)18(17-10)12-6-4-11(16)5-7-12/h2-9,17H,1H2/b14-9-. The van der Waals surface area contributed by atoms with Crippen molar-refractivity contribution in [2.75, 3.05) is 0 Å². The van der Waals surface area contributed by atoms with Crippen LogP contribution in [0.3, 0.4) is 0 Å². The number of hydrogen-bond acceptors (Lipinski definition) is 2. The Balaban J connectivity index is 2.19. The Hall–Kier alpha value is -1.85. The summed E-state index contributed by atoms with van der Waals surface area (Å²) in [6, 6.07) is 11.5. The highest BCUT2D eigenvalue weighted by molar-refractivity contribution is 9.10. The van der Waals surface area contributed by atoms with Gasteiger partial charge in [-0.25, -0.2) is 4.68 Å². The van der Waals surface area contributed by atoms with Crippen molar-refractivity contribution in [3.63, 3.8) is 0 Å². The van der Waals surface area contributed by atoms with Gasteiger partial charge in [-0.05, 0) is 41.8 Å². The van der Waals surface area contributed by atoms with E-state index in [4.69, 9.17) is 0 Å². The van der Waals surface area contributed by atoms with E-state index in [2.05, 4.69) is 27.6 Å². The molecular formula is C15H11BrN2OS. The average Bonchev–Trinajstić information content (AvgIpc) is 3.04.